The van der Waals surface area contributed by atoms with Gasteiger partial charge in [-0.15, -0.1) is 11.3 Å². The van der Waals surface area contributed by atoms with Crippen molar-refractivity contribution < 1.29 is 19.1 Å². The number of methoxy groups -OCH3 is 1. The molecule has 1 aliphatic rings. The number of carbonyl (C=O) groups is 3. The quantitative estimate of drug-likeness (QED) is 0.450. The lowest BCUT2D eigenvalue weighted by atomic mass is 9.95. The molecule has 0 saturated heterocycles. The second-order valence-corrected chi connectivity index (χ2v) is 8.90. The van der Waals surface area contributed by atoms with Crippen LogP contribution < -0.4 is 16.0 Å². The standard InChI is InChI=1S/C24H31N3O4S/c1-31-16-8-15-26-23(30)21-18-11-5-6-12-19(18)32-24(21)27-20(28)13-7-14-25-22(29)17-9-3-2-4-10-17/h2-4,9-10H,5-8,11-16H2,1H3,(H,25,29)(H,26,30)(H,27,28). The van der Waals surface area contributed by atoms with E-state index < -0.39 is 0 Å². The summed E-state index contributed by atoms with van der Waals surface area (Å²) in [6, 6.07) is 8.99. The van der Waals surface area contributed by atoms with Gasteiger partial charge in [0.15, 0.2) is 0 Å². The molecular formula is C24H31N3O4S. The monoisotopic (exact) mass is 457 g/mol. The lowest BCUT2D eigenvalue weighted by Gasteiger charge is -2.13. The van der Waals surface area contributed by atoms with Crippen LogP contribution in [0.25, 0.3) is 0 Å². The Morgan fingerprint density at radius 1 is 0.969 bits per heavy atom. The van der Waals surface area contributed by atoms with Crippen molar-refractivity contribution in [2.45, 2.75) is 44.9 Å². The maximum atomic E-state index is 12.9. The number of carbonyl (C=O) groups excluding carboxylic acids is 3. The average Bonchev–Trinajstić information content (AvgIpc) is 3.17. The lowest BCUT2D eigenvalue weighted by molar-refractivity contribution is -0.116. The van der Waals surface area contributed by atoms with Gasteiger partial charge < -0.3 is 20.7 Å². The Morgan fingerprint density at radius 2 is 1.69 bits per heavy atom. The summed E-state index contributed by atoms with van der Waals surface area (Å²) < 4.78 is 5.04. The van der Waals surface area contributed by atoms with Crippen molar-refractivity contribution in [1.29, 1.82) is 0 Å². The summed E-state index contributed by atoms with van der Waals surface area (Å²) in [6.07, 6.45) is 5.52. The number of thiophene rings is 1. The van der Waals surface area contributed by atoms with Gasteiger partial charge in [-0.1, -0.05) is 18.2 Å². The first-order valence-corrected chi connectivity index (χ1v) is 12.0. The van der Waals surface area contributed by atoms with E-state index in [0.29, 0.717) is 42.2 Å². The third kappa shape index (κ3) is 6.64. The highest BCUT2D eigenvalue weighted by Crippen LogP contribution is 2.38. The molecule has 0 fully saturated rings. The van der Waals surface area contributed by atoms with Crippen molar-refractivity contribution in [2.24, 2.45) is 0 Å². The molecule has 1 heterocycles. The molecule has 2 aromatic rings. The van der Waals surface area contributed by atoms with Crippen LogP contribution in [-0.2, 0) is 22.4 Å². The second-order valence-electron chi connectivity index (χ2n) is 7.79. The van der Waals surface area contributed by atoms with E-state index in [0.717, 1.165) is 37.7 Å². The highest BCUT2D eigenvalue weighted by atomic mass is 32.1. The first kappa shape index (κ1) is 23.9. The molecule has 3 N–H and O–H groups in total. The second kappa shape index (κ2) is 12.4. The number of ether oxygens (including phenoxy) is 1. The van der Waals surface area contributed by atoms with Crippen molar-refractivity contribution in [3.63, 3.8) is 0 Å². The highest BCUT2D eigenvalue weighted by Gasteiger charge is 2.26. The first-order valence-electron chi connectivity index (χ1n) is 11.1. The molecule has 172 valence electrons. The van der Waals surface area contributed by atoms with Gasteiger partial charge >= 0.3 is 0 Å². The van der Waals surface area contributed by atoms with E-state index in [1.54, 1.807) is 19.2 Å². The summed E-state index contributed by atoms with van der Waals surface area (Å²) in [5.74, 6) is -0.429. The zero-order chi connectivity index (χ0) is 22.8. The first-order chi connectivity index (χ1) is 15.6. The Morgan fingerprint density at radius 3 is 2.47 bits per heavy atom. The lowest BCUT2D eigenvalue weighted by Crippen LogP contribution is -2.27. The molecule has 0 saturated carbocycles. The Kier molecular flexibility index (Phi) is 9.25. The van der Waals surface area contributed by atoms with Crippen LogP contribution in [0.15, 0.2) is 30.3 Å². The van der Waals surface area contributed by atoms with Crippen LogP contribution in [0.5, 0.6) is 0 Å². The molecule has 0 atom stereocenters. The molecule has 1 aromatic carbocycles. The number of benzene rings is 1. The highest BCUT2D eigenvalue weighted by molar-refractivity contribution is 7.17. The minimum absolute atomic E-state index is 0.133. The van der Waals surface area contributed by atoms with Crippen molar-refractivity contribution >= 4 is 34.1 Å². The average molecular weight is 458 g/mol. The van der Waals surface area contributed by atoms with E-state index >= 15 is 0 Å². The molecule has 0 spiro atoms. The number of aryl methyl sites for hydroxylation is 1. The molecule has 0 unspecified atom stereocenters. The van der Waals surface area contributed by atoms with Gasteiger partial charge in [-0.2, -0.15) is 0 Å². The molecule has 3 rings (SSSR count). The van der Waals surface area contributed by atoms with Gasteiger partial charge in [0.25, 0.3) is 11.8 Å². The van der Waals surface area contributed by atoms with Crippen LogP contribution in [0.1, 0.15) is 63.3 Å². The van der Waals surface area contributed by atoms with Crippen molar-refractivity contribution in [2.75, 3.05) is 32.1 Å². The topological polar surface area (TPSA) is 96.5 Å². The van der Waals surface area contributed by atoms with Gasteiger partial charge in [0.1, 0.15) is 5.00 Å². The van der Waals surface area contributed by atoms with Crippen LogP contribution in [0.3, 0.4) is 0 Å². The van der Waals surface area contributed by atoms with Gasteiger partial charge in [-0.3, -0.25) is 14.4 Å². The van der Waals surface area contributed by atoms with Crippen LogP contribution in [0.2, 0.25) is 0 Å². The molecule has 0 bridgehead atoms. The minimum atomic E-state index is -0.149. The Balaban J connectivity index is 1.53. The minimum Gasteiger partial charge on any atom is -0.385 e. The molecule has 0 radical (unpaired) electrons. The fourth-order valence-corrected chi connectivity index (χ4v) is 5.04. The van der Waals surface area contributed by atoms with Gasteiger partial charge in [0.2, 0.25) is 5.91 Å². The fraction of sp³-hybridized carbons (Fsp3) is 0.458. The summed E-state index contributed by atoms with van der Waals surface area (Å²) >= 11 is 1.52. The van der Waals surface area contributed by atoms with E-state index in [4.69, 9.17) is 4.74 Å². The summed E-state index contributed by atoms with van der Waals surface area (Å²) in [5.41, 5.74) is 2.30. The third-order valence-electron chi connectivity index (χ3n) is 5.36. The van der Waals surface area contributed by atoms with Gasteiger partial charge in [-0.25, -0.2) is 0 Å². The van der Waals surface area contributed by atoms with E-state index in [2.05, 4.69) is 16.0 Å². The van der Waals surface area contributed by atoms with Crippen molar-refractivity contribution in [3.05, 3.63) is 51.9 Å². The molecule has 8 heteroatoms. The van der Waals surface area contributed by atoms with Gasteiger partial charge in [-0.05, 0) is 56.2 Å². The number of hydrogen-bond donors (Lipinski definition) is 3. The SMILES string of the molecule is COCCCNC(=O)c1c(NC(=O)CCCNC(=O)c2ccccc2)sc2c1CCCC2. The third-order valence-corrected chi connectivity index (χ3v) is 6.57. The molecular weight excluding hydrogens is 426 g/mol. The Hall–Kier alpha value is -2.71. The van der Waals surface area contributed by atoms with Crippen LogP contribution in [-0.4, -0.2) is 44.5 Å². The maximum absolute atomic E-state index is 12.9. The molecule has 0 aliphatic heterocycles. The summed E-state index contributed by atoms with van der Waals surface area (Å²) in [7, 11) is 1.64. The normalized spacial score (nSPS) is 12.7. The zero-order valence-corrected chi connectivity index (χ0v) is 19.3. The zero-order valence-electron chi connectivity index (χ0n) is 18.5. The molecule has 3 amide bonds. The van der Waals surface area contributed by atoms with Gasteiger partial charge in [0, 0.05) is 43.7 Å². The number of amides is 3. The van der Waals surface area contributed by atoms with Crippen LogP contribution in [0.4, 0.5) is 5.00 Å². The summed E-state index contributed by atoms with van der Waals surface area (Å²) in [4.78, 5) is 38.7. The van der Waals surface area contributed by atoms with E-state index in [1.165, 1.54) is 16.2 Å². The maximum Gasteiger partial charge on any atom is 0.254 e. The number of anilines is 1. The van der Waals surface area contributed by atoms with E-state index in [-0.39, 0.29) is 24.1 Å². The van der Waals surface area contributed by atoms with Crippen molar-refractivity contribution in [3.8, 4) is 0 Å². The number of nitrogens with one attached hydrogen (secondary N) is 3. The van der Waals surface area contributed by atoms with E-state index in [9.17, 15) is 14.4 Å². The summed E-state index contributed by atoms with van der Waals surface area (Å²) in [5, 5.41) is 9.37. The summed E-state index contributed by atoms with van der Waals surface area (Å²) in [6.45, 7) is 1.53. The molecule has 1 aromatic heterocycles. The Bertz CT molecular complexity index is 927. The fourth-order valence-electron chi connectivity index (χ4n) is 3.73. The van der Waals surface area contributed by atoms with Crippen LogP contribution >= 0.6 is 11.3 Å². The molecule has 7 nitrogen and oxygen atoms in total. The number of rotatable bonds is 11. The van der Waals surface area contributed by atoms with Crippen LogP contribution in [0, 0.1) is 0 Å². The number of fused-ring (bicyclic) bond motifs is 1. The largest absolute Gasteiger partial charge is 0.385 e. The smallest absolute Gasteiger partial charge is 0.254 e. The predicted octanol–water partition coefficient (Wildman–Crippen LogP) is 3.54. The molecule has 32 heavy (non-hydrogen) atoms. The van der Waals surface area contributed by atoms with E-state index in [1.807, 2.05) is 18.2 Å². The molecule has 1 aliphatic carbocycles. The number of hydrogen-bond acceptors (Lipinski definition) is 5. The van der Waals surface area contributed by atoms with Gasteiger partial charge in [0.05, 0.1) is 5.56 Å². The predicted molar refractivity (Wildman–Crippen MR) is 126 cm³/mol. The van der Waals surface area contributed by atoms with Crippen molar-refractivity contribution in [1.82, 2.24) is 10.6 Å². The Labute approximate surface area is 192 Å².